The van der Waals surface area contributed by atoms with E-state index in [1.165, 1.54) is 0 Å². The third-order valence-electron chi connectivity index (χ3n) is 4.47. The fourth-order valence-corrected chi connectivity index (χ4v) is 4.90. The molecule has 0 unspecified atom stereocenters. The number of piperidine rings is 1. The number of hydrogen-bond acceptors (Lipinski definition) is 8. The number of nitrogens with zero attached hydrogens (tertiary/aromatic N) is 4. The number of halogens is 3. The first-order valence-electron chi connectivity index (χ1n) is 8.04. The molecule has 3 heterocycles. The molecule has 3 amide bonds. The van der Waals surface area contributed by atoms with Gasteiger partial charge in [-0.2, -0.15) is 26.7 Å². The van der Waals surface area contributed by atoms with Crippen LogP contribution in [-0.2, 0) is 35.7 Å². The van der Waals surface area contributed by atoms with Gasteiger partial charge in [-0.15, -0.1) is 4.28 Å². The molecule has 0 aliphatic carbocycles. The Morgan fingerprint density at radius 3 is 2.40 bits per heavy atom. The molecule has 17 heteroatoms. The second-order valence-corrected chi connectivity index (χ2v) is 9.14. The number of urea groups is 1. The maximum Gasteiger partial charge on any atom is 0.433 e. The van der Waals surface area contributed by atoms with Crippen LogP contribution in [0.25, 0.3) is 0 Å². The van der Waals surface area contributed by atoms with Crippen LogP contribution in [0.15, 0.2) is 23.2 Å². The number of hydroxylamine groups is 2. The van der Waals surface area contributed by atoms with Gasteiger partial charge in [0.25, 0.3) is 10.0 Å². The van der Waals surface area contributed by atoms with Gasteiger partial charge in [0, 0.05) is 12.7 Å². The summed E-state index contributed by atoms with van der Waals surface area (Å²) >= 11 is 0. The zero-order chi connectivity index (χ0) is 22.5. The van der Waals surface area contributed by atoms with Crippen molar-refractivity contribution >= 4 is 32.9 Å². The SMILES string of the molecule is O=CN([C@H]1CC[C@@H]2CN1C(=O)N2OS(=O)(=O)O)S(=O)(=O)c1ccc(C(F)(F)F)nc1. The summed E-state index contributed by atoms with van der Waals surface area (Å²) in [6.45, 7) is -0.218. The molecule has 12 nitrogen and oxygen atoms in total. The molecule has 30 heavy (non-hydrogen) atoms. The third kappa shape index (κ3) is 4.05. The Hall–Kier alpha value is -2.50. The molecule has 2 fully saturated rings. The molecule has 0 aromatic carbocycles. The van der Waals surface area contributed by atoms with Crippen molar-refractivity contribution in [3.05, 3.63) is 24.0 Å². The normalized spacial score (nSPS) is 22.3. The lowest BCUT2D eigenvalue weighted by Gasteiger charge is -2.36. The van der Waals surface area contributed by atoms with Crippen molar-refractivity contribution in [1.82, 2.24) is 19.3 Å². The smallest absolute Gasteiger partial charge is 0.299 e. The predicted octanol–water partition coefficient (Wildman–Crippen LogP) is 0.208. The molecule has 0 saturated carbocycles. The first kappa shape index (κ1) is 22.2. The van der Waals surface area contributed by atoms with E-state index in [9.17, 15) is 39.6 Å². The minimum Gasteiger partial charge on any atom is -0.299 e. The number of sulfonamides is 1. The maximum atomic E-state index is 12.8. The Morgan fingerprint density at radius 1 is 1.23 bits per heavy atom. The van der Waals surface area contributed by atoms with E-state index in [4.69, 9.17) is 4.55 Å². The summed E-state index contributed by atoms with van der Waals surface area (Å²) in [6.07, 6.45) is -5.99. The van der Waals surface area contributed by atoms with Gasteiger partial charge in [-0.05, 0) is 25.0 Å². The monoisotopic (exact) mass is 474 g/mol. The van der Waals surface area contributed by atoms with Gasteiger partial charge in [-0.1, -0.05) is 0 Å². The van der Waals surface area contributed by atoms with Gasteiger partial charge < -0.3 is 0 Å². The molecule has 166 valence electrons. The molecule has 2 aliphatic rings. The highest BCUT2D eigenvalue weighted by Crippen LogP contribution is 2.34. The molecule has 2 atom stereocenters. The van der Waals surface area contributed by atoms with Crippen LogP contribution in [0.3, 0.4) is 0 Å². The van der Waals surface area contributed by atoms with Crippen LogP contribution in [0.4, 0.5) is 18.0 Å². The lowest BCUT2D eigenvalue weighted by molar-refractivity contribution is -0.141. The van der Waals surface area contributed by atoms with Gasteiger partial charge in [0.05, 0.1) is 6.04 Å². The highest BCUT2D eigenvalue weighted by Gasteiger charge is 2.50. The minimum absolute atomic E-state index is 0.00749. The number of carbonyl (C=O) groups is 2. The number of rotatable bonds is 6. The van der Waals surface area contributed by atoms with Gasteiger partial charge in [0.1, 0.15) is 16.8 Å². The Balaban J connectivity index is 1.89. The summed E-state index contributed by atoms with van der Waals surface area (Å²) in [4.78, 5) is 27.1. The molecule has 0 radical (unpaired) electrons. The number of alkyl halides is 3. The number of carbonyl (C=O) groups excluding carboxylic acids is 2. The van der Waals surface area contributed by atoms with E-state index in [0.29, 0.717) is 23.4 Å². The van der Waals surface area contributed by atoms with Crippen LogP contribution in [0.5, 0.6) is 0 Å². The lowest BCUT2D eigenvalue weighted by Crippen LogP contribution is -2.52. The molecule has 1 N–H and O–H groups in total. The van der Waals surface area contributed by atoms with Crippen LogP contribution in [-0.4, -0.2) is 71.8 Å². The number of fused-ring (bicyclic) bond motifs is 2. The van der Waals surface area contributed by atoms with Crippen LogP contribution in [0.2, 0.25) is 0 Å². The second-order valence-electron chi connectivity index (χ2n) is 6.29. The Morgan fingerprint density at radius 2 is 1.90 bits per heavy atom. The maximum absolute atomic E-state index is 12.8. The summed E-state index contributed by atoms with van der Waals surface area (Å²) in [5.74, 6) is 0. The molecule has 2 saturated heterocycles. The standard InChI is InChI=1S/C13H13F3N4O8S2/c14-13(15,16)10-3-2-9(5-17-10)29(23,24)19(7-21)11-4-1-8-6-18(11)12(22)20(8)28-30(25,26)27/h2-3,5,7-8,11H,1,4,6H2,(H,25,26,27)/t8-,11+/m1/s1. The molecule has 1 aromatic heterocycles. The molecular formula is C13H13F3N4O8S2. The van der Waals surface area contributed by atoms with Crippen molar-refractivity contribution in [2.45, 2.75) is 36.1 Å². The zero-order valence-electron chi connectivity index (χ0n) is 14.6. The number of amides is 3. The molecule has 3 rings (SSSR count). The fraction of sp³-hybridized carbons (Fsp3) is 0.462. The highest BCUT2D eigenvalue weighted by atomic mass is 32.3. The first-order valence-corrected chi connectivity index (χ1v) is 10.8. The lowest BCUT2D eigenvalue weighted by atomic mass is 10.1. The molecular weight excluding hydrogens is 461 g/mol. The summed E-state index contributed by atoms with van der Waals surface area (Å²) in [6, 6.07) is -0.908. The average molecular weight is 474 g/mol. The second kappa shape index (κ2) is 7.33. The van der Waals surface area contributed by atoms with E-state index in [1.54, 1.807) is 0 Å². The van der Waals surface area contributed by atoms with Gasteiger partial charge in [0.15, 0.2) is 0 Å². The summed E-state index contributed by atoms with van der Waals surface area (Å²) in [7, 11) is -9.73. The molecule has 2 bridgehead atoms. The van der Waals surface area contributed by atoms with Crippen molar-refractivity contribution in [2.24, 2.45) is 0 Å². The predicted molar refractivity (Wildman–Crippen MR) is 87.7 cm³/mol. The number of hydrogen-bond donors (Lipinski definition) is 1. The first-order chi connectivity index (χ1) is 13.8. The van der Waals surface area contributed by atoms with Crippen molar-refractivity contribution in [3.63, 3.8) is 0 Å². The summed E-state index contributed by atoms with van der Waals surface area (Å²) < 4.78 is 98.5. The highest BCUT2D eigenvalue weighted by molar-refractivity contribution is 7.89. The topological polar surface area (TPSA) is 154 Å². The van der Waals surface area contributed by atoms with Gasteiger partial charge in [0.2, 0.25) is 6.41 Å². The van der Waals surface area contributed by atoms with E-state index in [0.717, 1.165) is 4.90 Å². The Bertz CT molecular complexity index is 1060. The fourth-order valence-electron chi connectivity index (χ4n) is 3.19. The largest absolute Gasteiger partial charge is 0.433 e. The van der Waals surface area contributed by atoms with Crippen LogP contribution >= 0.6 is 0 Å². The third-order valence-corrected chi connectivity index (χ3v) is 6.54. The van der Waals surface area contributed by atoms with Crippen LogP contribution < -0.4 is 0 Å². The van der Waals surface area contributed by atoms with E-state index < -0.39 is 55.4 Å². The van der Waals surface area contributed by atoms with E-state index in [1.807, 2.05) is 0 Å². The van der Waals surface area contributed by atoms with Crippen molar-refractivity contribution in [1.29, 1.82) is 0 Å². The zero-order valence-corrected chi connectivity index (χ0v) is 16.3. The Kier molecular flexibility index (Phi) is 5.42. The minimum atomic E-state index is -5.03. The average Bonchev–Trinajstić information content (AvgIpc) is 2.87. The van der Waals surface area contributed by atoms with Crippen molar-refractivity contribution in [3.8, 4) is 0 Å². The van der Waals surface area contributed by atoms with Crippen molar-refractivity contribution in [2.75, 3.05) is 6.54 Å². The summed E-state index contributed by atoms with van der Waals surface area (Å²) in [5, 5.41) is 0.352. The number of pyridine rings is 1. The summed E-state index contributed by atoms with van der Waals surface area (Å²) in [5.41, 5.74) is -1.34. The Labute approximate surface area is 167 Å². The quantitative estimate of drug-likeness (QED) is 0.450. The van der Waals surface area contributed by atoms with E-state index in [-0.39, 0.29) is 30.1 Å². The molecule has 1 aromatic rings. The van der Waals surface area contributed by atoms with Gasteiger partial charge in [-0.3, -0.25) is 19.2 Å². The van der Waals surface area contributed by atoms with Crippen LogP contribution in [0.1, 0.15) is 18.5 Å². The van der Waals surface area contributed by atoms with Crippen LogP contribution in [0, 0.1) is 0 Å². The van der Waals surface area contributed by atoms with Gasteiger partial charge in [-0.25, -0.2) is 17.5 Å². The van der Waals surface area contributed by atoms with Crippen molar-refractivity contribution < 1.29 is 48.4 Å². The van der Waals surface area contributed by atoms with E-state index in [2.05, 4.69) is 9.27 Å². The van der Waals surface area contributed by atoms with Gasteiger partial charge >= 0.3 is 22.6 Å². The van der Waals surface area contributed by atoms with E-state index >= 15 is 0 Å². The molecule has 2 aliphatic heterocycles. The number of aromatic nitrogens is 1. The molecule has 0 spiro atoms.